The molecule has 0 saturated carbocycles. The molecule has 0 radical (unpaired) electrons. The predicted molar refractivity (Wildman–Crippen MR) is 79.8 cm³/mol. The fourth-order valence-electron chi connectivity index (χ4n) is 2.63. The normalized spacial score (nSPS) is 13.3. The predicted octanol–water partition coefficient (Wildman–Crippen LogP) is 2.57. The number of amides is 1. The number of aromatic nitrogens is 1. The number of carbonyl (C=O) groups is 1. The largest absolute Gasteiger partial charge is 0.384 e. The van der Waals surface area contributed by atoms with E-state index in [4.69, 9.17) is 5.73 Å². The maximum atomic E-state index is 13.4. The number of carbonyl (C=O) groups excluding carboxylic acids is 1. The van der Waals surface area contributed by atoms with Crippen LogP contribution >= 0.6 is 0 Å². The number of halogens is 1. The Morgan fingerprint density at radius 3 is 2.95 bits per heavy atom. The van der Waals surface area contributed by atoms with Gasteiger partial charge in [-0.2, -0.15) is 0 Å². The summed E-state index contributed by atoms with van der Waals surface area (Å²) in [7, 11) is 0. The third kappa shape index (κ3) is 2.46. The van der Waals surface area contributed by atoms with Crippen LogP contribution in [0.5, 0.6) is 0 Å². The molecule has 21 heavy (non-hydrogen) atoms. The molecule has 1 amide bonds. The van der Waals surface area contributed by atoms with Gasteiger partial charge in [0, 0.05) is 17.8 Å². The number of fused-ring (bicyclic) bond motifs is 1. The summed E-state index contributed by atoms with van der Waals surface area (Å²) < 4.78 is 13.4. The lowest BCUT2D eigenvalue weighted by Crippen LogP contribution is -2.29. The topological polar surface area (TPSA) is 59.2 Å². The molecular weight excluding hydrogens is 269 g/mol. The van der Waals surface area contributed by atoms with Gasteiger partial charge in [0.15, 0.2) is 0 Å². The van der Waals surface area contributed by atoms with Crippen molar-refractivity contribution < 1.29 is 9.18 Å². The molecule has 1 aliphatic rings. The Labute approximate surface area is 122 Å². The molecule has 2 heterocycles. The molecule has 0 atom stereocenters. The second-order valence-corrected chi connectivity index (χ2v) is 5.11. The first-order valence-electron chi connectivity index (χ1n) is 6.95. The standard InChI is InChI=1S/C16H16FN3O/c1-2-13-7-11(8-15(18)19-13)16(21)20-6-5-10-3-4-12(17)9-14(10)20/h3-4,7-9H,2,5-6H2,1H3,(H2,18,19). The molecule has 108 valence electrons. The zero-order valence-electron chi connectivity index (χ0n) is 11.8. The number of aryl methyl sites for hydroxylation is 1. The number of nitrogen functional groups attached to an aromatic ring is 1. The minimum Gasteiger partial charge on any atom is -0.384 e. The fraction of sp³-hybridized carbons (Fsp3) is 0.250. The molecule has 3 rings (SSSR count). The van der Waals surface area contributed by atoms with Crippen LogP contribution in [0.4, 0.5) is 15.9 Å². The van der Waals surface area contributed by atoms with E-state index in [2.05, 4.69) is 4.98 Å². The van der Waals surface area contributed by atoms with E-state index in [0.717, 1.165) is 17.7 Å². The van der Waals surface area contributed by atoms with Gasteiger partial charge >= 0.3 is 0 Å². The number of benzene rings is 1. The SMILES string of the molecule is CCc1cc(C(=O)N2CCc3ccc(F)cc32)cc(N)n1. The Balaban J connectivity index is 1.98. The molecule has 0 unspecified atom stereocenters. The summed E-state index contributed by atoms with van der Waals surface area (Å²) >= 11 is 0. The highest BCUT2D eigenvalue weighted by Gasteiger charge is 2.26. The summed E-state index contributed by atoms with van der Waals surface area (Å²) in [5.41, 5.74) is 8.66. The molecule has 0 saturated heterocycles. The van der Waals surface area contributed by atoms with Crippen LogP contribution < -0.4 is 10.6 Å². The molecule has 5 heteroatoms. The lowest BCUT2D eigenvalue weighted by molar-refractivity contribution is 0.0989. The van der Waals surface area contributed by atoms with Gasteiger partial charge in [-0.25, -0.2) is 9.37 Å². The van der Waals surface area contributed by atoms with Crippen LogP contribution in [0.25, 0.3) is 0 Å². The average Bonchev–Trinajstić information content (AvgIpc) is 2.88. The monoisotopic (exact) mass is 285 g/mol. The second-order valence-electron chi connectivity index (χ2n) is 5.11. The highest BCUT2D eigenvalue weighted by Crippen LogP contribution is 2.30. The molecule has 0 spiro atoms. The van der Waals surface area contributed by atoms with Crippen LogP contribution in [-0.4, -0.2) is 17.4 Å². The number of hydrogen-bond donors (Lipinski definition) is 1. The lowest BCUT2D eigenvalue weighted by Gasteiger charge is -2.18. The quantitative estimate of drug-likeness (QED) is 0.922. The van der Waals surface area contributed by atoms with E-state index >= 15 is 0 Å². The fourth-order valence-corrected chi connectivity index (χ4v) is 2.63. The van der Waals surface area contributed by atoms with Crippen molar-refractivity contribution in [3.63, 3.8) is 0 Å². The van der Waals surface area contributed by atoms with Gasteiger partial charge in [0.25, 0.3) is 5.91 Å². The van der Waals surface area contributed by atoms with Crippen molar-refractivity contribution in [1.29, 1.82) is 0 Å². The summed E-state index contributed by atoms with van der Waals surface area (Å²) in [6, 6.07) is 7.88. The first-order valence-corrected chi connectivity index (χ1v) is 6.95. The van der Waals surface area contributed by atoms with Crippen LogP contribution in [0.1, 0.15) is 28.5 Å². The Bertz CT molecular complexity index is 715. The molecule has 2 N–H and O–H groups in total. The van der Waals surface area contributed by atoms with Crippen molar-refractivity contribution in [3.8, 4) is 0 Å². The second kappa shape index (κ2) is 5.16. The molecule has 0 aliphatic carbocycles. The lowest BCUT2D eigenvalue weighted by atomic mass is 10.1. The van der Waals surface area contributed by atoms with Crippen LogP contribution in [0.15, 0.2) is 30.3 Å². The van der Waals surface area contributed by atoms with E-state index in [1.807, 2.05) is 6.92 Å². The van der Waals surface area contributed by atoms with Gasteiger partial charge in [-0.3, -0.25) is 4.79 Å². The van der Waals surface area contributed by atoms with E-state index in [-0.39, 0.29) is 11.7 Å². The summed E-state index contributed by atoms with van der Waals surface area (Å²) in [4.78, 5) is 18.4. The van der Waals surface area contributed by atoms with Crippen LogP contribution in [0.2, 0.25) is 0 Å². The van der Waals surface area contributed by atoms with E-state index in [9.17, 15) is 9.18 Å². The van der Waals surface area contributed by atoms with E-state index in [1.54, 1.807) is 23.1 Å². The first-order chi connectivity index (χ1) is 10.1. The Hall–Kier alpha value is -2.43. The zero-order chi connectivity index (χ0) is 15.0. The number of rotatable bonds is 2. The smallest absolute Gasteiger partial charge is 0.258 e. The minimum absolute atomic E-state index is 0.164. The Morgan fingerprint density at radius 2 is 2.19 bits per heavy atom. The van der Waals surface area contributed by atoms with Gasteiger partial charge in [-0.05, 0) is 42.7 Å². The maximum Gasteiger partial charge on any atom is 0.258 e. The summed E-state index contributed by atoms with van der Waals surface area (Å²) in [6.45, 7) is 2.51. The molecular formula is C16H16FN3O. The Morgan fingerprint density at radius 1 is 1.38 bits per heavy atom. The zero-order valence-corrected chi connectivity index (χ0v) is 11.8. The van der Waals surface area contributed by atoms with Crippen molar-refractivity contribution in [3.05, 3.63) is 53.0 Å². The summed E-state index contributed by atoms with van der Waals surface area (Å²) in [6.07, 6.45) is 1.44. The van der Waals surface area contributed by atoms with Gasteiger partial charge < -0.3 is 10.6 Å². The van der Waals surface area contributed by atoms with E-state index in [0.29, 0.717) is 30.0 Å². The van der Waals surface area contributed by atoms with Gasteiger partial charge in [0.05, 0.1) is 5.69 Å². The highest BCUT2D eigenvalue weighted by atomic mass is 19.1. The third-order valence-corrected chi connectivity index (χ3v) is 3.70. The van der Waals surface area contributed by atoms with Crippen molar-refractivity contribution in [2.45, 2.75) is 19.8 Å². The number of pyridine rings is 1. The molecule has 0 bridgehead atoms. The van der Waals surface area contributed by atoms with Crippen molar-refractivity contribution >= 4 is 17.4 Å². The van der Waals surface area contributed by atoms with Crippen LogP contribution in [0.3, 0.4) is 0 Å². The molecule has 4 nitrogen and oxygen atoms in total. The van der Waals surface area contributed by atoms with Crippen molar-refractivity contribution in [2.24, 2.45) is 0 Å². The van der Waals surface area contributed by atoms with Crippen LogP contribution in [-0.2, 0) is 12.8 Å². The maximum absolute atomic E-state index is 13.4. The van der Waals surface area contributed by atoms with E-state index in [1.165, 1.54) is 12.1 Å². The van der Waals surface area contributed by atoms with Gasteiger partial charge in [-0.15, -0.1) is 0 Å². The number of nitrogens with two attached hydrogens (primary N) is 1. The number of anilines is 2. The third-order valence-electron chi connectivity index (χ3n) is 3.70. The first kappa shape index (κ1) is 13.5. The summed E-state index contributed by atoms with van der Waals surface area (Å²) in [5.74, 6) is -0.170. The minimum atomic E-state index is -0.336. The summed E-state index contributed by atoms with van der Waals surface area (Å²) in [5, 5.41) is 0. The van der Waals surface area contributed by atoms with E-state index < -0.39 is 0 Å². The van der Waals surface area contributed by atoms with Crippen molar-refractivity contribution in [1.82, 2.24) is 4.98 Å². The molecule has 1 aliphatic heterocycles. The highest BCUT2D eigenvalue weighted by molar-refractivity contribution is 6.07. The van der Waals surface area contributed by atoms with Gasteiger partial charge in [-0.1, -0.05) is 13.0 Å². The van der Waals surface area contributed by atoms with Crippen LogP contribution in [0, 0.1) is 5.82 Å². The van der Waals surface area contributed by atoms with Crippen molar-refractivity contribution in [2.75, 3.05) is 17.2 Å². The number of hydrogen-bond acceptors (Lipinski definition) is 3. The number of nitrogens with zero attached hydrogens (tertiary/aromatic N) is 2. The van der Waals surface area contributed by atoms with Gasteiger partial charge in [0.1, 0.15) is 11.6 Å². The van der Waals surface area contributed by atoms with Gasteiger partial charge in [0.2, 0.25) is 0 Å². The average molecular weight is 285 g/mol. The molecule has 0 fully saturated rings. The Kier molecular flexibility index (Phi) is 3.33. The molecule has 1 aromatic heterocycles. The molecule has 2 aromatic rings. The molecule has 1 aromatic carbocycles.